The predicted molar refractivity (Wildman–Crippen MR) is 131 cm³/mol. The highest BCUT2D eigenvalue weighted by Crippen LogP contribution is 2.41. The van der Waals surface area contributed by atoms with Gasteiger partial charge in [0, 0.05) is 13.0 Å². The largest absolute Gasteiger partial charge is 0.493 e. The Bertz CT molecular complexity index is 1270. The monoisotopic (exact) mass is 479 g/mol. The Labute approximate surface area is 201 Å². The summed E-state index contributed by atoms with van der Waals surface area (Å²) in [6.07, 6.45) is 0.567. The predicted octanol–water partition coefficient (Wildman–Crippen LogP) is 4.35. The van der Waals surface area contributed by atoms with Crippen LogP contribution in [0.25, 0.3) is 0 Å². The maximum atomic E-state index is 13.4. The van der Waals surface area contributed by atoms with E-state index in [9.17, 15) is 13.2 Å². The number of amides is 1. The minimum absolute atomic E-state index is 0.0812. The first-order valence-electron chi connectivity index (χ1n) is 11.2. The van der Waals surface area contributed by atoms with E-state index in [4.69, 9.17) is 9.47 Å². The van der Waals surface area contributed by atoms with Gasteiger partial charge in [-0.15, -0.1) is 0 Å². The van der Waals surface area contributed by atoms with Gasteiger partial charge in [-0.05, 0) is 54.3 Å². The number of carbonyl (C=O) groups excluding carboxylic acids is 1. The number of methoxy groups -OCH3 is 2. The van der Waals surface area contributed by atoms with Gasteiger partial charge in [-0.25, -0.2) is 8.42 Å². The number of carbonyl (C=O) groups is 1. The molecule has 7 heteroatoms. The van der Waals surface area contributed by atoms with Gasteiger partial charge in [0.05, 0.1) is 30.9 Å². The molecule has 0 fully saturated rings. The number of hydrogen-bond donors (Lipinski definition) is 0. The lowest BCUT2D eigenvalue weighted by Gasteiger charge is -2.38. The lowest BCUT2D eigenvalue weighted by Crippen LogP contribution is -2.41. The summed E-state index contributed by atoms with van der Waals surface area (Å²) in [7, 11) is -0.367. The van der Waals surface area contributed by atoms with Crippen molar-refractivity contribution in [2.45, 2.75) is 30.7 Å². The van der Waals surface area contributed by atoms with Crippen molar-refractivity contribution in [3.63, 3.8) is 0 Å². The number of aryl methyl sites for hydroxylation is 1. The molecular formula is C27H29NO5S. The molecule has 178 valence electrons. The molecule has 0 aromatic heterocycles. The van der Waals surface area contributed by atoms with Crippen LogP contribution in [0.1, 0.15) is 34.7 Å². The highest BCUT2D eigenvalue weighted by Gasteiger charge is 2.33. The van der Waals surface area contributed by atoms with Gasteiger partial charge in [0.2, 0.25) is 5.91 Å². The summed E-state index contributed by atoms with van der Waals surface area (Å²) in [5, 5.41) is 0. The van der Waals surface area contributed by atoms with Gasteiger partial charge in [0.15, 0.2) is 21.3 Å². The first-order valence-corrected chi connectivity index (χ1v) is 12.9. The summed E-state index contributed by atoms with van der Waals surface area (Å²) in [6.45, 7) is 2.40. The van der Waals surface area contributed by atoms with Crippen molar-refractivity contribution in [2.24, 2.45) is 0 Å². The van der Waals surface area contributed by atoms with Crippen molar-refractivity contribution in [1.29, 1.82) is 0 Å². The molecule has 1 atom stereocenters. The van der Waals surface area contributed by atoms with Crippen LogP contribution in [-0.4, -0.2) is 45.7 Å². The first-order chi connectivity index (χ1) is 16.3. The molecule has 0 aliphatic carbocycles. The van der Waals surface area contributed by atoms with E-state index in [2.05, 4.69) is 0 Å². The first kappa shape index (κ1) is 23.8. The molecule has 0 spiro atoms. The van der Waals surface area contributed by atoms with Crippen LogP contribution in [0.2, 0.25) is 0 Å². The minimum Gasteiger partial charge on any atom is -0.493 e. The second kappa shape index (κ2) is 9.89. The SMILES string of the molecule is COc1cc2c(cc1OC)C(c1ccccc1)N(C(=O)CCS(=O)(=O)c1ccc(C)cc1)CC2. The van der Waals surface area contributed by atoms with E-state index in [-0.39, 0.29) is 29.0 Å². The molecule has 3 aromatic rings. The Morgan fingerprint density at radius 3 is 2.26 bits per heavy atom. The fraction of sp³-hybridized carbons (Fsp3) is 0.296. The van der Waals surface area contributed by atoms with Crippen LogP contribution in [-0.2, 0) is 21.1 Å². The van der Waals surface area contributed by atoms with Crippen LogP contribution in [0.4, 0.5) is 0 Å². The van der Waals surface area contributed by atoms with E-state index in [1.54, 1.807) is 43.4 Å². The molecule has 1 aliphatic heterocycles. The van der Waals surface area contributed by atoms with Crippen molar-refractivity contribution in [1.82, 2.24) is 4.90 Å². The molecule has 3 aromatic carbocycles. The Hall–Kier alpha value is -3.32. The second-order valence-electron chi connectivity index (χ2n) is 8.44. The van der Waals surface area contributed by atoms with Crippen molar-refractivity contribution in [3.05, 3.63) is 89.0 Å². The van der Waals surface area contributed by atoms with E-state index in [0.29, 0.717) is 24.5 Å². The number of fused-ring (bicyclic) bond motifs is 1. The summed E-state index contributed by atoms with van der Waals surface area (Å²) < 4.78 is 36.7. The lowest BCUT2D eigenvalue weighted by atomic mass is 9.87. The molecule has 1 unspecified atom stereocenters. The molecular weight excluding hydrogens is 450 g/mol. The van der Waals surface area contributed by atoms with Crippen LogP contribution < -0.4 is 9.47 Å². The molecule has 1 amide bonds. The van der Waals surface area contributed by atoms with E-state index in [1.165, 1.54) is 0 Å². The smallest absolute Gasteiger partial charge is 0.224 e. The van der Waals surface area contributed by atoms with Gasteiger partial charge in [0.25, 0.3) is 0 Å². The minimum atomic E-state index is -3.56. The molecule has 0 saturated carbocycles. The number of ether oxygens (including phenoxy) is 2. The van der Waals surface area contributed by atoms with Crippen molar-refractivity contribution < 1.29 is 22.7 Å². The zero-order valence-electron chi connectivity index (χ0n) is 19.7. The Morgan fingerprint density at radius 1 is 0.971 bits per heavy atom. The molecule has 0 bridgehead atoms. The average molecular weight is 480 g/mol. The van der Waals surface area contributed by atoms with Crippen LogP contribution in [0, 0.1) is 6.92 Å². The van der Waals surface area contributed by atoms with Crippen LogP contribution >= 0.6 is 0 Å². The van der Waals surface area contributed by atoms with Gasteiger partial charge < -0.3 is 14.4 Å². The lowest BCUT2D eigenvalue weighted by molar-refractivity contribution is -0.132. The molecule has 34 heavy (non-hydrogen) atoms. The average Bonchev–Trinajstić information content (AvgIpc) is 2.86. The third kappa shape index (κ3) is 4.80. The molecule has 0 saturated heterocycles. The quantitative estimate of drug-likeness (QED) is 0.504. The maximum Gasteiger partial charge on any atom is 0.224 e. The van der Waals surface area contributed by atoms with Gasteiger partial charge >= 0.3 is 0 Å². The van der Waals surface area contributed by atoms with E-state index >= 15 is 0 Å². The van der Waals surface area contributed by atoms with Crippen LogP contribution in [0.3, 0.4) is 0 Å². The number of sulfone groups is 1. The normalized spacial score (nSPS) is 15.5. The highest BCUT2D eigenvalue weighted by molar-refractivity contribution is 7.91. The highest BCUT2D eigenvalue weighted by atomic mass is 32.2. The molecule has 0 radical (unpaired) electrons. The van der Waals surface area contributed by atoms with E-state index in [1.807, 2.05) is 49.4 Å². The summed E-state index contributed by atoms with van der Waals surface area (Å²) >= 11 is 0. The second-order valence-corrected chi connectivity index (χ2v) is 10.5. The molecule has 4 rings (SSSR count). The summed E-state index contributed by atoms with van der Waals surface area (Å²) in [5.74, 6) is 0.825. The van der Waals surface area contributed by atoms with Crippen molar-refractivity contribution in [2.75, 3.05) is 26.5 Å². The number of benzene rings is 3. The Morgan fingerprint density at radius 2 is 1.62 bits per heavy atom. The zero-order chi connectivity index (χ0) is 24.3. The molecule has 1 heterocycles. The van der Waals surface area contributed by atoms with Crippen LogP contribution in [0.5, 0.6) is 11.5 Å². The van der Waals surface area contributed by atoms with Gasteiger partial charge in [0.1, 0.15) is 0 Å². The Kier molecular flexibility index (Phi) is 6.93. The third-order valence-electron chi connectivity index (χ3n) is 6.27. The van der Waals surface area contributed by atoms with Gasteiger partial charge in [-0.3, -0.25) is 4.79 Å². The Balaban J connectivity index is 1.64. The zero-order valence-corrected chi connectivity index (χ0v) is 20.5. The van der Waals surface area contributed by atoms with Crippen molar-refractivity contribution >= 4 is 15.7 Å². The maximum absolute atomic E-state index is 13.4. The molecule has 1 aliphatic rings. The van der Waals surface area contributed by atoms with Gasteiger partial charge in [-0.1, -0.05) is 48.0 Å². The number of nitrogens with zero attached hydrogens (tertiary/aromatic N) is 1. The molecule has 0 N–H and O–H groups in total. The summed E-state index contributed by atoms with van der Waals surface area (Å²) in [6, 6.07) is 20.1. The van der Waals surface area contributed by atoms with E-state index in [0.717, 1.165) is 22.3 Å². The summed E-state index contributed by atoms with van der Waals surface area (Å²) in [4.78, 5) is 15.4. The fourth-order valence-corrected chi connectivity index (χ4v) is 5.67. The van der Waals surface area contributed by atoms with Crippen molar-refractivity contribution in [3.8, 4) is 11.5 Å². The fourth-order valence-electron chi connectivity index (χ4n) is 4.44. The molecule has 6 nitrogen and oxygen atoms in total. The topological polar surface area (TPSA) is 72.9 Å². The standard InChI is InChI=1S/C27H29NO5S/c1-19-9-11-22(12-10-19)34(30,31)16-14-26(29)28-15-13-21-17-24(32-2)25(33-3)18-23(21)27(28)20-7-5-4-6-8-20/h4-12,17-18,27H,13-16H2,1-3H3. The summed E-state index contributed by atoms with van der Waals surface area (Å²) in [5.41, 5.74) is 4.00. The van der Waals surface area contributed by atoms with Gasteiger partial charge in [-0.2, -0.15) is 0 Å². The van der Waals surface area contributed by atoms with E-state index < -0.39 is 9.84 Å². The third-order valence-corrected chi connectivity index (χ3v) is 8.01. The van der Waals surface area contributed by atoms with Crippen LogP contribution in [0.15, 0.2) is 71.6 Å². The number of hydrogen-bond acceptors (Lipinski definition) is 5. The number of rotatable bonds is 7.